The van der Waals surface area contributed by atoms with Crippen LogP contribution in [-0.2, 0) is 4.79 Å². The lowest BCUT2D eigenvalue weighted by Gasteiger charge is -2.32. The quantitative estimate of drug-likeness (QED) is 0.910. The van der Waals surface area contributed by atoms with E-state index < -0.39 is 0 Å². The molecule has 0 unspecified atom stereocenters. The van der Waals surface area contributed by atoms with Gasteiger partial charge in [-0.25, -0.2) is 9.97 Å². The predicted octanol–water partition coefficient (Wildman–Crippen LogP) is 1.88. The molecule has 0 atom stereocenters. The second-order valence-corrected chi connectivity index (χ2v) is 6.56. The second-order valence-electron chi connectivity index (χ2n) is 6.56. The number of benzene rings is 1. The van der Waals surface area contributed by atoms with Crippen molar-refractivity contribution < 1.29 is 9.59 Å². The van der Waals surface area contributed by atoms with Crippen LogP contribution in [0.3, 0.4) is 0 Å². The van der Waals surface area contributed by atoms with Crippen LogP contribution in [0.2, 0.25) is 0 Å². The number of aryl methyl sites for hydroxylation is 2. The summed E-state index contributed by atoms with van der Waals surface area (Å²) in [6.45, 7) is 4.94. The third-order valence-corrected chi connectivity index (χ3v) is 4.75. The fourth-order valence-electron chi connectivity index (χ4n) is 3.09. The maximum absolute atomic E-state index is 12.5. The van der Waals surface area contributed by atoms with Crippen molar-refractivity contribution in [3.63, 3.8) is 0 Å². The number of rotatable bonds is 3. The van der Waals surface area contributed by atoms with Gasteiger partial charge < -0.3 is 10.2 Å². The lowest BCUT2D eigenvalue weighted by molar-refractivity contribution is -0.131. The molecule has 26 heavy (non-hydrogen) atoms. The summed E-state index contributed by atoms with van der Waals surface area (Å²) in [6, 6.07) is 7.23. The molecule has 0 aliphatic carbocycles. The Morgan fingerprint density at radius 3 is 2.50 bits per heavy atom. The normalized spacial score (nSPS) is 14.9. The van der Waals surface area contributed by atoms with Gasteiger partial charge in [0, 0.05) is 24.7 Å². The number of carbonyl (C=O) groups excluding carboxylic acids is 2. The largest absolute Gasteiger partial charge is 0.349 e. The summed E-state index contributed by atoms with van der Waals surface area (Å²) in [5, 5.41) is 11.6. The minimum absolute atomic E-state index is 0.0233. The molecule has 0 saturated carbocycles. The van der Waals surface area contributed by atoms with Gasteiger partial charge in [-0.05, 0) is 44.9 Å². The van der Waals surface area contributed by atoms with Crippen LogP contribution < -0.4 is 5.32 Å². The highest BCUT2D eigenvalue weighted by Gasteiger charge is 2.24. The molecule has 2 aromatic rings. The van der Waals surface area contributed by atoms with Gasteiger partial charge in [0.15, 0.2) is 0 Å². The standard InChI is InChI=1S/C19H21N5O2/c1-12-13(2)22-17-11-14(3-4-16(17)21-12)19(26)23-15-6-9-24(10-7-15)18(25)5-8-20/h3-4,11,15H,5-7,9-10H2,1-2H3,(H,23,26). The first-order valence-electron chi connectivity index (χ1n) is 8.68. The van der Waals surface area contributed by atoms with Crippen molar-refractivity contribution in [2.75, 3.05) is 13.1 Å². The molecular formula is C19H21N5O2. The van der Waals surface area contributed by atoms with Crippen molar-refractivity contribution in [1.82, 2.24) is 20.2 Å². The zero-order valence-electron chi connectivity index (χ0n) is 15.0. The first-order chi connectivity index (χ1) is 12.5. The Kier molecular flexibility index (Phi) is 5.12. The Hall–Kier alpha value is -3.01. The van der Waals surface area contributed by atoms with E-state index in [-0.39, 0.29) is 24.3 Å². The number of amides is 2. The lowest BCUT2D eigenvalue weighted by atomic mass is 10.0. The van der Waals surface area contributed by atoms with Gasteiger partial charge in [0.2, 0.25) is 5.91 Å². The van der Waals surface area contributed by atoms with Crippen molar-refractivity contribution in [1.29, 1.82) is 5.26 Å². The van der Waals surface area contributed by atoms with E-state index in [0.29, 0.717) is 37.0 Å². The van der Waals surface area contributed by atoms with Crippen LogP contribution in [0.4, 0.5) is 0 Å². The molecule has 3 rings (SSSR count). The van der Waals surface area contributed by atoms with Crippen LogP contribution in [0.1, 0.15) is 41.0 Å². The molecule has 1 saturated heterocycles. The SMILES string of the molecule is Cc1nc2ccc(C(=O)NC3CCN(C(=O)CC#N)CC3)cc2nc1C. The van der Waals surface area contributed by atoms with E-state index in [9.17, 15) is 9.59 Å². The highest BCUT2D eigenvalue weighted by atomic mass is 16.2. The van der Waals surface area contributed by atoms with E-state index in [1.54, 1.807) is 17.0 Å². The summed E-state index contributed by atoms with van der Waals surface area (Å²) in [5.41, 5.74) is 3.77. The van der Waals surface area contributed by atoms with Gasteiger partial charge in [-0.3, -0.25) is 9.59 Å². The van der Waals surface area contributed by atoms with E-state index in [0.717, 1.165) is 16.9 Å². The maximum Gasteiger partial charge on any atom is 0.251 e. The second kappa shape index (κ2) is 7.48. The van der Waals surface area contributed by atoms with Crippen LogP contribution in [0.5, 0.6) is 0 Å². The number of hydrogen-bond acceptors (Lipinski definition) is 5. The summed E-state index contributed by atoms with van der Waals surface area (Å²) < 4.78 is 0. The first-order valence-corrected chi connectivity index (χ1v) is 8.68. The van der Waals surface area contributed by atoms with Crippen LogP contribution >= 0.6 is 0 Å². The smallest absolute Gasteiger partial charge is 0.251 e. The van der Waals surface area contributed by atoms with E-state index in [2.05, 4.69) is 15.3 Å². The minimum atomic E-state index is -0.145. The monoisotopic (exact) mass is 351 g/mol. The minimum Gasteiger partial charge on any atom is -0.349 e. The fourth-order valence-corrected chi connectivity index (χ4v) is 3.09. The number of likely N-dealkylation sites (tertiary alicyclic amines) is 1. The summed E-state index contributed by atoms with van der Waals surface area (Å²) in [5.74, 6) is -0.287. The molecule has 0 radical (unpaired) electrons. The topological polar surface area (TPSA) is 99.0 Å². The number of carbonyl (C=O) groups is 2. The molecule has 0 bridgehead atoms. The molecule has 1 aliphatic rings. The van der Waals surface area contributed by atoms with E-state index in [4.69, 9.17) is 5.26 Å². The van der Waals surface area contributed by atoms with Gasteiger partial charge in [0.05, 0.1) is 28.5 Å². The number of nitrogens with one attached hydrogen (secondary N) is 1. The lowest BCUT2D eigenvalue weighted by Crippen LogP contribution is -2.46. The van der Waals surface area contributed by atoms with Crippen molar-refractivity contribution >= 4 is 22.8 Å². The Morgan fingerprint density at radius 1 is 1.19 bits per heavy atom. The summed E-state index contributed by atoms with van der Waals surface area (Å²) in [6.07, 6.45) is 1.29. The van der Waals surface area contributed by atoms with Crippen LogP contribution in [0.15, 0.2) is 18.2 Å². The van der Waals surface area contributed by atoms with Gasteiger partial charge in [0.1, 0.15) is 6.42 Å². The number of nitrogens with zero attached hydrogens (tertiary/aromatic N) is 4. The maximum atomic E-state index is 12.5. The molecule has 1 N–H and O–H groups in total. The molecule has 1 aliphatic heterocycles. The van der Waals surface area contributed by atoms with Crippen molar-refractivity contribution in [2.24, 2.45) is 0 Å². The highest BCUT2D eigenvalue weighted by molar-refractivity contribution is 5.97. The molecule has 1 aromatic carbocycles. The van der Waals surface area contributed by atoms with Crippen LogP contribution in [-0.4, -0.2) is 45.8 Å². The third kappa shape index (κ3) is 3.80. The molecule has 0 spiro atoms. The van der Waals surface area contributed by atoms with E-state index >= 15 is 0 Å². The molecule has 7 heteroatoms. The van der Waals surface area contributed by atoms with Crippen molar-refractivity contribution in [3.05, 3.63) is 35.2 Å². The zero-order valence-corrected chi connectivity index (χ0v) is 15.0. The molecule has 134 valence electrons. The molecule has 2 heterocycles. The number of piperidine rings is 1. The van der Waals surface area contributed by atoms with E-state index in [1.165, 1.54) is 0 Å². The average molecular weight is 351 g/mol. The van der Waals surface area contributed by atoms with Gasteiger partial charge in [-0.2, -0.15) is 5.26 Å². The molecule has 1 aromatic heterocycles. The third-order valence-electron chi connectivity index (χ3n) is 4.75. The van der Waals surface area contributed by atoms with Crippen LogP contribution in [0, 0.1) is 25.2 Å². The van der Waals surface area contributed by atoms with Gasteiger partial charge in [0.25, 0.3) is 5.91 Å². The van der Waals surface area contributed by atoms with Gasteiger partial charge in [-0.15, -0.1) is 0 Å². The fraction of sp³-hybridized carbons (Fsp3) is 0.421. The Labute approximate surface area is 152 Å². The van der Waals surface area contributed by atoms with Crippen molar-refractivity contribution in [2.45, 2.75) is 39.2 Å². The van der Waals surface area contributed by atoms with Crippen molar-refractivity contribution in [3.8, 4) is 6.07 Å². The molecule has 2 amide bonds. The Balaban J connectivity index is 1.64. The van der Waals surface area contributed by atoms with Crippen LogP contribution in [0.25, 0.3) is 11.0 Å². The number of aromatic nitrogens is 2. The zero-order chi connectivity index (χ0) is 18.7. The summed E-state index contributed by atoms with van der Waals surface area (Å²) in [7, 11) is 0. The summed E-state index contributed by atoms with van der Waals surface area (Å²) >= 11 is 0. The number of fused-ring (bicyclic) bond motifs is 1. The average Bonchev–Trinajstić information content (AvgIpc) is 2.63. The predicted molar refractivity (Wildman–Crippen MR) is 96.3 cm³/mol. The molecule has 7 nitrogen and oxygen atoms in total. The van der Waals surface area contributed by atoms with E-state index in [1.807, 2.05) is 26.0 Å². The van der Waals surface area contributed by atoms with Gasteiger partial charge >= 0.3 is 0 Å². The molecular weight excluding hydrogens is 330 g/mol. The molecule has 1 fully saturated rings. The number of nitriles is 1. The number of hydrogen-bond donors (Lipinski definition) is 1. The Bertz CT molecular complexity index is 895. The van der Waals surface area contributed by atoms with Gasteiger partial charge in [-0.1, -0.05) is 0 Å². The summed E-state index contributed by atoms with van der Waals surface area (Å²) in [4.78, 5) is 34.9. The highest BCUT2D eigenvalue weighted by Crippen LogP contribution is 2.16. The Morgan fingerprint density at radius 2 is 1.85 bits per heavy atom. The first kappa shape index (κ1) is 17.8.